The molecular formula is C17H30N4. The molecular weight excluding hydrogens is 260 g/mol. The maximum atomic E-state index is 4.53. The molecule has 0 amide bonds. The van der Waals surface area contributed by atoms with Gasteiger partial charge in [0.05, 0.1) is 0 Å². The molecule has 3 unspecified atom stereocenters. The third-order valence-electron chi connectivity index (χ3n) is 4.78. The standard InChI is InChI=1S/C17H30N4/c1-5-7-14-16(18-10-6-2)19-11-20-17(14)21-15-9-8-12(3)13(15)4/h11-13,15H,5-10H2,1-4H3,(H2,18,19,20,21). The highest BCUT2D eigenvalue weighted by atomic mass is 15.1. The van der Waals surface area contributed by atoms with Gasteiger partial charge < -0.3 is 10.6 Å². The SMILES string of the molecule is CCCNc1ncnc(NC2CCC(C)C2C)c1CCC. The highest BCUT2D eigenvalue weighted by Crippen LogP contribution is 2.34. The molecule has 0 bridgehead atoms. The van der Waals surface area contributed by atoms with Crippen LogP contribution in [0, 0.1) is 11.8 Å². The first kappa shape index (κ1) is 16.1. The zero-order valence-electron chi connectivity index (χ0n) is 13.9. The second-order valence-corrected chi connectivity index (χ2v) is 6.39. The second kappa shape index (κ2) is 7.62. The Balaban J connectivity index is 2.17. The average molecular weight is 290 g/mol. The van der Waals surface area contributed by atoms with Crippen molar-refractivity contribution in [1.82, 2.24) is 9.97 Å². The molecule has 0 aromatic carbocycles. The van der Waals surface area contributed by atoms with Gasteiger partial charge in [0.2, 0.25) is 0 Å². The van der Waals surface area contributed by atoms with Crippen LogP contribution < -0.4 is 10.6 Å². The fourth-order valence-corrected chi connectivity index (χ4v) is 3.16. The van der Waals surface area contributed by atoms with E-state index in [1.807, 2.05) is 0 Å². The van der Waals surface area contributed by atoms with Crippen molar-refractivity contribution in [2.75, 3.05) is 17.2 Å². The van der Waals surface area contributed by atoms with Crippen LogP contribution >= 0.6 is 0 Å². The summed E-state index contributed by atoms with van der Waals surface area (Å²) in [7, 11) is 0. The number of anilines is 2. The Labute approximate surface area is 129 Å². The molecule has 21 heavy (non-hydrogen) atoms. The fraction of sp³-hybridized carbons (Fsp3) is 0.765. The van der Waals surface area contributed by atoms with Crippen LogP contribution in [0.5, 0.6) is 0 Å². The first-order chi connectivity index (χ1) is 10.2. The second-order valence-electron chi connectivity index (χ2n) is 6.39. The van der Waals surface area contributed by atoms with Crippen molar-refractivity contribution in [3.8, 4) is 0 Å². The van der Waals surface area contributed by atoms with Crippen LogP contribution in [0.3, 0.4) is 0 Å². The molecule has 0 aliphatic heterocycles. The van der Waals surface area contributed by atoms with Gasteiger partial charge in [-0.3, -0.25) is 0 Å². The Morgan fingerprint density at radius 1 is 1.10 bits per heavy atom. The monoisotopic (exact) mass is 290 g/mol. The molecule has 1 aliphatic rings. The van der Waals surface area contributed by atoms with E-state index >= 15 is 0 Å². The molecule has 1 aromatic heterocycles. The Morgan fingerprint density at radius 2 is 1.86 bits per heavy atom. The van der Waals surface area contributed by atoms with Gasteiger partial charge in [-0.05, 0) is 37.5 Å². The van der Waals surface area contributed by atoms with E-state index in [2.05, 4.69) is 48.3 Å². The predicted octanol–water partition coefficient (Wildman–Crippen LogP) is 4.10. The summed E-state index contributed by atoms with van der Waals surface area (Å²) in [5.74, 6) is 3.56. The summed E-state index contributed by atoms with van der Waals surface area (Å²) in [4.78, 5) is 8.97. The number of hydrogen-bond acceptors (Lipinski definition) is 4. The molecule has 4 nitrogen and oxygen atoms in total. The van der Waals surface area contributed by atoms with Crippen molar-refractivity contribution in [3.05, 3.63) is 11.9 Å². The van der Waals surface area contributed by atoms with Crippen molar-refractivity contribution >= 4 is 11.6 Å². The summed E-state index contributed by atoms with van der Waals surface area (Å²) in [6.45, 7) is 10.1. The Kier molecular flexibility index (Phi) is 5.83. The van der Waals surface area contributed by atoms with Crippen LogP contribution in [0.15, 0.2) is 6.33 Å². The molecule has 0 radical (unpaired) electrons. The fourth-order valence-electron chi connectivity index (χ4n) is 3.16. The number of aromatic nitrogens is 2. The minimum atomic E-state index is 0.546. The maximum absolute atomic E-state index is 4.53. The molecule has 1 heterocycles. The van der Waals surface area contributed by atoms with E-state index in [1.165, 1.54) is 18.4 Å². The van der Waals surface area contributed by atoms with Gasteiger partial charge in [-0.2, -0.15) is 0 Å². The van der Waals surface area contributed by atoms with Crippen molar-refractivity contribution in [2.45, 2.75) is 65.8 Å². The van der Waals surface area contributed by atoms with Crippen LogP contribution in [0.1, 0.15) is 58.9 Å². The van der Waals surface area contributed by atoms with Crippen LogP contribution in [-0.4, -0.2) is 22.6 Å². The first-order valence-electron chi connectivity index (χ1n) is 8.51. The molecule has 2 N–H and O–H groups in total. The number of nitrogens with zero attached hydrogens (tertiary/aromatic N) is 2. The predicted molar refractivity (Wildman–Crippen MR) is 89.8 cm³/mol. The highest BCUT2D eigenvalue weighted by molar-refractivity contribution is 5.58. The van der Waals surface area contributed by atoms with Gasteiger partial charge in [-0.1, -0.05) is 34.1 Å². The number of nitrogens with one attached hydrogen (secondary N) is 2. The minimum absolute atomic E-state index is 0.546. The van der Waals surface area contributed by atoms with E-state index < -0.39 is 0 Å². The summed E-state index contributed by atoms with van der Waals surface area (Å²) in [6.07, 6.45) is 7.48. The summed E-state index contributed by atoms with van der Waals surface area (Å²) in [6, 6.07) is 0.546. The molecule has 1 fully saturated rings. The molecule has 3 atom stereocenters. The van der Waals surface area contributed by atoms with Gasteiger partial charge in [0.15, 0.2) is 0 Å². The quantitative estimate of drug-likeness (QED) is 0.794. The average Bonchev–Trinajstić information content (AvgIpc) is 2.80. The first-order valence-corrected chi connectivity index (χ1v) is 8.51. The lowest BCUT2D eigenvalue weighted by Crippen LogP contribution is -2.25. The van der Waals surface area contributed by atoms with Crippen molar-refractivity contribution in [2.24, 2.45) is 11.8 Å². The van der Waals surface area contributed by atoms with Crippen molar-refractivity contribution in [3.63, 3.8) is 0 Å². The van der Waals surface area contributed by atoms with Crippen molar-refractivity contribution < 1.29 is 0 Å². The number of rotatable bonds is 7. The van der Waals surface area contributed by atoms with Gasteiger partial charge in [0, 0.05) is 18.2 Å². The third-order valence-corrected chi connectivity index (χ3v) is 4.78. The van der Waals surface area contributed by atoms with E-state index in [9.17, 15) is 0 Å². The van der Waals surface area contributed by atoms with Gasteiger partial charge in [0.1, 0.15) is 18.0 Å². The third kappa shape index (κ3) is 3.86. The Hall–Kier alpha value is -1.32. The highest BCUT2D eigenvalue weighted by Gasteiger charge is 2.30. The molecule has 1 aromatic rings. The topological polar surface area (TPSA) is 49.8 Å². The minimum Gasteiger partial charge on any atom is -0.370 e. The van der Waals surface area contributed by atoms with E-state index in [0.717, 1.165) is 43.4 Å². The van der Waals surface area contributed by atoms with E-state index in [1.54, 1.807) is 6.33 Å². The smallest absolute Gasteiger partial charge is 0.134 e. The molecule has 0 spiro atoms. The molecule has 4 heteroatoms. The van der Waals surface area contributed by atoms with Gasteiger partial charge in [-0.15, -0.1) is 0 Å². The molecule has 1 saturated carbocycles. The van der Waals surface area contributed by atoms with E-state index in [-0.39, 0.29) is 0 Å². The lowest BCUT2D eigenvalue weighted by molar-refractivity contribution is 0.435. The van der Waals surface area contributed by atoms with Gasteiger partial charge >= 0.3 is 0 Å². The van der Waals surface area contributed by atoms with Crippen LogP contribution in [0.4, 0.5) is 11.6 Å². The summed E-state index contributed by atoms with van der Waals surface area (Å²) in [5.41, 5.74) is 1.25. The normalized spacial score (nSPS) is 25.0. The molecule has 118 valence electrons. The lowest BCUT2D eigenvalue weighted by Gasteiger charge is -2.22. The zero-order chi connectivity index (χ0) is 15.2. The van der Waals surface area contributed by atoms with Crippen LogP contribution in [0.25, 0.3) is 0 Å². The summed E-state index contributed by atoms with van der Waals surface area (Å²) in [5, 5.41) is 7.14. The van der Waals surface area contributed by atoms with Crippen LogP contribution in [-0.2, 0) is 6.42 Å². The zero-order valence-corrected chi connectivity index (χ0v) is 13.9. The lowest BCUT2D eigenvalue weighted by atomic mass is 9.97. The van der Waals surface area contributed by atoms with Gasteiger partial charge in [-0.25, -0.2) is 9.97 Å². The Morgan fingerprint density at radius 3 is 2.48 bits per heavy atom. The van der Waals surface area contributed by atoms with E-state index in [0.29, 0.717) is 12.0 Å². The molecule has 1 aliphatic carbocycles. The maximum Gasteiger partial charge on any atom is 0.134 e. The molecule has 2 rings (SSSR count). The van der Waals surface area contributed by atoms with Crippen LogP contribution in [0.2, 0.25) is 0 Å². The van der Waals surface area contributed by atoms with Crippen molar-refractivity contribution in [1.29, 1.82) is 0 Å². The summed E-state index contributed by atoms with van der Waals surface area (Å²) >= 11 is 0. The summed E-state index contributed by atoms with van der Waals surface area (Å²) < 4.78 is 0. The number of hydrogen-bond donors (Lipinski definition) is 2. The largest absolute Gasteiger partial charge is 0.370 e. The van der Waals surface area contributed by atoms with E-state index in [4.69, 9.17) is 0 Å². The Bertz CT molecular complexity index is 446. The molecule has 0 saturated heterocycles. The van der Waals surface area contributed by atoms with Gasteiger partial charge in [0.25, 0.3) is 0 Å².